The van der Waals surface area contributed by atoms with E-state index in [4.69, 9.17) is 4.74 Å². The summed E-state index contributed by atoms with van der Waals surface area (Å²) in [5.41, 5.74) is 1.64. The second-order valence-corrected chi connectivity index (χ2v) is 13.4. The third-order valence-corrected chi connectivity index (χ3v) is 10.1. The van der Waals surface area contributed by atoms with Crippen LogP contribution < -0.4 is 10.1 Å². The molecule has 2 aromatic rings. The molecule has 1 heterocycles. The molecule has 2 fully saturated rings. The summed E-state index contributed by atoms with van der Waals surface area (Å²) in [6, 6.07) is 13.7. The van der Waals surface area contributed by atoms with Gasteiger partial charge in [-0.3, -0.25) is 14.5 Å². The summed E-state index contributed by atoms with van der Waals surface area (Å²) in [7, 11) is -4.02. The molecule has 2 amide bonds. The van der Waals surface area contributed by atoms with E-state index in [1.54, 1.807) is 41.3 Å². The molecule has 2 aromatic carbocycles. The van der Waals surface area contributed by atoms with Crippen molar-refractivity contribution in [2.75, 3.05) is 11.9 Å². The van der Waals surface area contributed by atoms with E-state index in [2.05, 4.69) is 16.6 Å². The number of nitrogens with one attached hydrogen (secondary N) is 1. The number of anilines is 1. The Bertz CT molecular complexity index is 1300. The van der Waals surface area contributed by atoms with Crippen LogP contribution in [0.2, 0.25) is 0 Å². The molecular formula is C31H41N3O5S2. The van der Waals surface area contributed by atoms with Crippen LogP contribution in [-0.2, 0) is 26.0 Å². The van der Waals surface area contributed by atoms with Gasteiger partial charge in [0.05, 0.1) is 11.5 Å². The van der Waals surface area contributed by atoms with Crippen LogP contribution in [0.15, 0.2) is 57.8 Å². The van der Waals surface area contributed by atoms with Crippen molar-refractivity contribution in [2.45, 2.75) is 101 Å². The largest absolute Gasteiger partial charge is 0.494 e. The molecule has 222 valence electrons. The van der Waals surface area contributed by atoms with Gasteiger partial charge in [0, 0.05) is 18.2 Å². The maximum atomic E-state index is 13.6. The number of amidine groups is 1. The van der Waals surface area contributed by atoms with Gasteiger partial charge < -0.3 is 10.1 Å². The standard InChI is InChI=1S/C31H41N3O5S2/c1-3-5-6-10-21-39-26-17-15-24(16-18-26)32-29(35)22-28-30(36)34(25-11-8-7-9-12-25)31(40-28)33-41(37,38)27-19-13-23(4-2)14-20-27/h13-20,25,28H,3-12,21-22H2,1-2H3,(H,32,35). The second kappa shape index (κ2) is 14.9. The van der Waals surface area contributed by atoms with Crippen LogP contribution in [0.25, 0.3) is 0 Å². The number of hydrogen-bond acceptors (Lipinski definition) is 6. The molecule has 4 rings (SSSR count). The molecule has 1 saturated carbocycles. The van der Waals surface area contributed by atoms with E-state index in [1.807, 2.05) is 19.1 Å². The van der Waals surface area contributed by atoms with Crippen molar-refractivity contribution >= 4 is 44.5 Å². The summed E-state index contributed by atoms with van der Waals surface area (Å²) < 4.78 is 36.3. The number of sulfonamides is 1. The molecule has 1 atom stereocenters. The molecule has 1 aliphatic carbocycles. The SMILES string of the molecule is CCCCCCOc1ccc(NC(=O)CC2SC(=NS(=O)(=O)c3ccc(CC)cc3)N(C3CCCCC3)C2=O)cc1. The predicted octanol–water partition coefficient (Wildman–Crippen LogP) is 6.56. The van der Waals surface area contributed by atoms with Crippen LogP contribution in [-0.4, -0.2) is 48.2 Å². The second-order valence-electron chi connectivity index (χ2n) is 10.6. The smallest absolute Gasteiger partial charge is 0.284 e. The first kappa shape index (κ1) is 31.1. The number of unbranched alkanes of at least 4 members (excludes halogenated alkanes) is 3. The summed E-state index contributed by atoms with van der Waals surface area (Å²) in [5, 5.41) is 2.29. The first-order valence-electron chi connectivity index (χ1n) is 14.8. The number of amides is 2. The Morgan fingerprint density at radius 3 is 2.37 bits per heavy atom. The maximum absolute atomic E-state index is 13.6. The molecule has 1 N–H and O–H groups in total. The van der Waals surface area contributed by atoms with E-state index < -0.39 is 15.3 Å². The minimum atomic E-state index is -4.02. The Morgan fingerprint density at radius 2 is 1.71 bits per heavy atom. The van der Waals surface area contributed by atoms with E-state index in [1.165, 1.54) is 12.8 Å². The van der Waals surface area contributed by atoms with Crippen LogP contribution >= 0.6 is 11.8 Å². The van der Waals surface area contributed by atoms with Gasteiger partial charge in [0.1, 0.15) is 11.0 Å². The first-order valence-corrected chi connectivity index (χ1v) is 17.1. The Morgan fingerprint density at radius 1 is 1.00 bits per heavy atom. The Labute approximate surface area is 248 Å². The van der Waals surface area contributed by atoms with Crippen molar-refractivity contribution in [1.29, 1.82) is 0 Å². The van der Waals surface area contributed by atoms with Crippen LogP contribution in [0.1, 0.15) is 83.6 Å². The van der Waals surface area contributed by atoms with Gasteiger partial charge in [-0.1, -0.05) is 76.3 Å². The number of nitrogens with zero attached hydrogens (tertiary/aromatic N) is 2. The minimum Gasteiger partial charge on any atom is -0.494 e. The minimum absolute atomic E-state index is 0.0767. The van der Waals surface area contributed by atoms with Crippen molar-refractivity contribution in [2.24, 2.45) is 4.40 Å². The lowest BCUT2D eigenvalue weighted by molar-refractivity contribution is -0.130. The summed E-state index contributed by atoms with van der Waals surface area (Å²) in [4.78, 5) is 28.1. The quantitative estimate of drug-likeness (QED) is 0.262. The zero-order chi connectivity index (χ0) is 29.2. The fraction of sp³-hybridized carbons (Fsp3) is 0.516. The van der Waals surface area contributed by atoms with Gasteiger partial charge in [-0.15, -0.1) is 4.40 Å². The molecule has 10 heteroatoms. The van der Waals surface area contributed by atoms with Gasteiger partial charge in [-0.05, 0) is 67.6 Å². The number of ether oxygens (including phenoxy) is 1. The van der Waals surface area contributed by atoms with E-state index >= 15 is 0 Å². The van der Waals surface area contributed by atoms with E-state index in [0.29, 0.717) is 12.3 Å². The lowest BCUT2D eigenvalue weighted by atomic mass is 9.94. The predicted molar refractivity (Wildman–Crippen MR) is 165 cm³/mol. The Kier molecular flexibility index (Phi) is 11.3. The normalized spacial score (nSPS) is 19.1. The molecule has 8 nitrogen and oxygen atoms in total. The third kappa shape index (κ3) is 8.58. The molecule has 1 aliphatic heterocycles. The van der Waals surface area contributed by atoms with Gasteiger partial charge in [-0.2, -0.15) is 8.42 Å². The van der Waals surface area contributed by atoms with Crippen molar-refractivity contribution in [1.82, 2.24) is 4.90 Å². The summed E-state index contributed by atoms with van der Waals surface area (Å²) >= 11 is 1.07. The highest BCUT2D eigenvalue weighted by atomic mass is 32.2. The van der Waals surface area contributed by atoms with Gasteiger partial charge in [-0.25, -0.2) is 0 Å². The zero-order valence-electron chi connectivity index (χ0n) is 24.0. The van der Waals surface area contributed by atoms with Gasteiger partial charge in [0.15, 0.2) is 5.17 Å². The van der Waals surface area contributed by atoms with Crippen LogP contribution in [0.3, 0.4) is 0 Å². The molecule has 0 aromatic heterocycles. The van der Waals surface area contributed by atoms with Crippen molar-refractivity contribution < 1.29 is 22.7 Å². The number of hydrogen-bond donors (Lipinski definition) is 1. The molecule has 0 radical (unpaired) electrons. The zero-order valence-corrected chi connectivity index (χ0v) is 25.6. The fourth-order valence-electron chi connectivity index (χ4n) is 5.14. The first-order chi connectivity index (χ1) is 19.8. The Balaban J connectivity index is 1.43. The number of rotatable bonds is 13. The highest BCUT2D eigenvalue weighted by molar-refractivity contribution is 8.16. The summed E-state index contributed by atoms with van der Waals surface area (Å²) in [5.74, 6) is 0.182. The molecule has 2 aliphatic rings. The van der Waals surface area contributed by atoms with Crippen LogP contribution in [0.5, 0.6) is 5.75 Å². The topological polar surface area (TPSA) is 105 Å². The lowest BCUT2D eigenvalue weighted by Crippen LogP contribution is -2.42. The molecule has 0 bridgehead atoms. The van der Waals surface area contributed by atoms with Crippen molar-refractivity contribution in [3.8, 4) is 5.75 Å². The van der Waals surface area contributed by atoms with Gasteiger partial charge in [0.2, 0.25) is 11.8 Å². The molecular weight excluding hydrogens is 558 g/mol. The van der Waals surface area contributed by atoms with Gasteiger partial charge in [0.25, 0.3) is 10.0 Å². The highest BCUT2D eigenvalue weighted by Gasteiger charge is 2.43. The average Bonchev–Trinajstić information content (AvgIpc) is 3.27. The maximum Gasteiger partial charge on any atom is 0.284 e. The van der Waals surface area contributed by atoms with E-state index in [0.717, 1.165) is 74.4 Å². The third-order valence-electron chi connectivity index (χ3n) is 7.51. The van der Waals surface area contributed by atoms with Crippen LogP contribution in [0.4, 0.5) is 5.69 Å². The number of aryl methyl sites for hydroxylation is 1. The van der Waals surface area contributed by atoms with Crippen molar-refractivity contribution in [3.05, 3.63) is 54.1 Å². The van der Waals surface area contributed by atoms with Crippen LogP contribution in [0, 0.1) is 0 Å². The summed E-state index contributed by atoms with van der Waals surface area (Å²) in [6.07, 6.45) is 9.88. The summed E-state index contributed by atoms with van der Waals surface area (Å²) in [6.45, 7) is 4.84. The molecule has 1 unspecified atom stereocenters. The number of thioether (sulfide) groups is 1. The Hall–Kier alpha value is -2.85. The van der Waals surface area contributed by atoms with E-state index in [-0.39, 0.29) is 34.3 Å². The molecule has 0 spiro atoms. The molecule has 41 heavy (non-hydrogen) atoms. The van der Waals surface area contributed by atoms with Gasteiger partial charge >= 0.3 is 0 Å². The number of carbonyl (C=O) groups excluding carboxylic acids is 2. The number of benzene rings is 2. The number of carbonyl (C=O) groups is 2. The highest BCUT2D eigenvalue weighted by Crippen LogP contribution is 2.36. The lowest BCUT2D eigenvalue weighted by Gasteiger charge is -2.30. The van der Waals surface area contributed by atoms with E-state index in [9.17, 15) is 18.0 Å². The monoisotopic (exact) mass is 599 g/mol. The average molecular weight is 600 g/mol. The van der Waals surface area contributed by atoms with Crippen molar-refractivity contribution in [3.63, 3.8) is 0 Å². The molecule has 1 saturated heterocycles. The fourth-order valence-corrected chi connectivity index (χ4v) is 7.54.